The van der Waals surface area contributed by atoms with Gasteiger partial charge in [-0.05, 0) is 43.6 Å². The van der Waals surface area contributed by atoms with Crippen LogP contribution < -0.4 is 4.90 Å². The Morgan fingerprint density at radius 3 is 2.90 bits per heavy atom. The van der Waals surface area contributed by atoms with Gasteiger partial charge in [0.2, 0.25) is 0 Å². The summed E-state index contributed by atoms with van der Waals surface area (Å²) in [4.78, 5) is 12.8. The van der Waals surface area contributed by atoms with Crippen LogP contribution in [-0.4, -0.2) is 16.6 Å². The molecule has 6 nitrogen and oxygen atoms in total. The molecule has 0 bridgehead atoms. The van der Waals surface area contributed by atoms with Crippen LogP contribution in [0.1, 0.15) is 35.9 Å². The first-order chi connectivity index (χ1) is 9.56. The topological polar surface area (TPSA) is 72.4 Å². The van der Waals surface area contributed by atoms with Crippen molar-refractivity contribution in [2.24, 2.45) is 0 Å². The van der Waals surface area contributed by atoms with E-state index in [1.165, 1.54) is 11.3 Å². The Hall–Kier alpha value is -1.89. The fourth-order valence-corrected chi connectivity index (χ4v) is 3.76. The highest BCUT2D eigenvalue weighted by Gasteiger charge is 2.31. The molecule has 0 aromatic carbocycles. The first kappa shape index (κ1) is 13.1. The fraction of sp³-hybridized carbons (Fsp3) is 0.462. The Labute approximate surface area is 120 Å². The minimum atomic E-state index is -0.327. The van der Waals surface area contributed by atoms with Crippen LogP contribution in [0.5, 0.6) is 0 Å². The lowest BCUT2D eigenvalue weighted by molar-refractivity contribution is -0.380. The van der Waals surface area contributed by atoms with Crippen LogP contribution >= 0.6 is 11.3 Å². The van der Waals surface area contributed by atoms with Gasteiger partial charge in [-0.15, -0.1) is 0 Å². The quantitative estimate of drug-likeness (QED) is 0.638. The van der Waals surface area contributed by atoms with Crippen molar-refractivity contribution in [1.29, 1.82) is 0 Å². The van der Waals surface area contributed by atoms with E-state index in [4.69, 9.17) is 4.52 Å². The van der Waals surface area contributed by atoms with Crippen molar-refractivity contribution in [2.45, 2.75) is 32.7 Å². The average molecular weight is 293 g/mol. The molecule has 2 aromatic rings. The van der Waals surface area contributed by atoms with Gasteiger partial charge < -0.3 is 9.42 Å². The lowest BCUT2D eigenvalue weighted by Crippen LogP contribution is -2.22. The van der Waals surface area contributed by atoms with Crippen molar-refractivity contribution in [1.82, 2.24) is 5.16 Å². The van der Waals surface area contributed by atoms with Gasteiger partial charge in [-0.2, -0.15) is 0 Å². The number of thiophene rings is 1. The van der Waals surface area contributed by atoms with E-state index in [0.717, 1.165) is 41.4 Å². The largest absolute Gasteiger partial charge is 0.361 e. The molecule has 0 saturated carbocycles. The zero-order chi connectivity index (χ0) is 14.3. The van der Waals surface area contributed by atoms with Crippen LogP contribution in [0.25, 0.3) is 0 Å². The lowest BCUT2D eigenvalue weighted by atomic mass is 10.1. The maximum Gasteiger partial charge on any atom is 0.326 e. The Kier molecular flexibility index (Phi) is 3.21. The van der Waals surface area contributed by atoms with E-state index in [1.54, 1.807) is 6.07 Å². The van der Waals surface area contributed by atoms with Crippen molar-refractivity contribution in [2.75, 3.05) is 11.4 Å². The first-order valence-corrected chi connectivity index (χ1v) is 7.32. The third-order valence-corrected chi connectivity index (χ3v) is 4.79. The molecular formula is C13H15N3O3S. The van der Waals surface area contributed by atoms with Gasteiger partial charge in [-0.25, -0.2) is 0 Å². The summed E-state index contributed by atoms with van der Waals surface area (Å²) in [6, 6.07) is 3.74. The van der Waals surface area contributed by atoms with E-state index in [0.29, 0.717) is 0 Å². The van der Waals surface area contributed by atoms with E-state index >= 15 is 0 Å². The molecule has 3 rings (SSSR count). The zero-order valence-electron chi connectivity index (χ0n) is 11.3. The standard InChI is InChI=1S/C13H15N3O3S/c1-8-6-12(16(17)18)20-13(8)15-5-3-4-11(15)10-7-9(2)19-14-10/h6-7,11H,3-5H2,1-2H3/t11-/m1/s1. The molecule has 0 radical (unpaired) electrons. The molecule has 0 aliphatic carbocycles. The number of aryl methyl sites for hydroxylation is 2. The van der Waals surface area contributed by atoms with Crippen molar-refractivity contribution >= 4 is 21.3 Å². The number of aromatic nitrogens is 1. The molecule has 1 fully saturated rings. The average Bonchev–Trinajstić information content (AvgIpc) is 3.07. The highest BCUT2D eigenvalue weighted by Crippen LogP contribution is 2.43. The summed E-state index contributed by atoms with van der Waals surface area (Å²) >= 11 is 1.24. The number of hydrogen-bond acceptors (Lipinski definition) is 6. The summed E-state index contributed by atoms with van der Waals surface area (Å²) in [6.07, 6.45) is 2.05. The fourth-order valence-electron chi connectivity index (χ4n) is 2.69. The van der Waals surface area contributed by atoms with E-state index in [-0.39, 0.29) is 16.0 Å². The number of anilines is 1. The van der Waals surface area contributed by atoms with E-state index < -0.39 is 0 Å². The normalized spacial score (nSPS) is 18.7. The van der Waals surface area contributed by atoms with Gasteiger partial charge in [0.15, 0.2) is 0 Å². The molecule has 1 saturated heterocycles. The molecule has 7 heteroatoms. The lowest BCUT2D eigenvalue weighted by Gasteiger charge is -2.24. The van der Waals surface area contributed by atoms with Gasteiger partial charge in [0.05, 0.1) is 11.0 Å². The predicted octanol–water partition coefficient (Wildman–Crippen LogP) is 3.60. The van der Waals surface area contributed by atoms with Crippen molar-refractivity contribution in [3.63, 3.8) is 0 Å². The minimum absolute atomic E-state index is 0.157. The molecule has 1 aliphatic rings. The van der Waals surface area contributed by atoms with Gasteiger partial charge in [0.25, 0.3) is 0 Å². The summed E-state index contributed by atoms with van der Waals surface area (Å²) in [5, 5.41) is 16.2. The third kappa shape index (κ3) is 2.18. The van der Waals surface area contributed by atoms with E-state index in [1.807, 2.05) is 19.9 Å². The van der Waals surface area contributed by atoms with Crippen LogP contribution in [0.3, 0.4) is 0 Å². The molecule has 0 N–H and O–H groups in total. The molecule has 2 aromatic heterocycles. The highest BCUT2D eigenvalue weighted by molar-refractivity contribution is 7.19. The Morgan fingerprint density at radius 2 is 2.30 bits per heavy atom. The highest BCUT2D eigenvalue weighted by atomic mass is 32.1. The van der Waals surface area contributed by atoms with Crippen LogP contribution in [0.4, 0.5) is 10.0 Å². The Morgan fingerprint density at radius 1 is 1.50 bits per heavy atom. The van der Waals surface area contributed by atoms with Crippen LogP contribution in [0.2, 0.25) is 0 Å². The predicted molar refractivity (Wildman–Crippen MR) is 76.3 cm³/mol. The van der Waals surface area contributed by atoms with Gasteiger partial charge >= 0.3 is 5.00 Å². The molecule has 0 spiro atoms. The maximum absolute atomic E-state index is 10.9. The minimum Gasteiger partial charge on any atom is -0.361 e. The van der Waals surface area contributed by atoms with Gasteiger partial charge in [0, 0.05) is 18.7 Å². The smallest absolute Gasteiger partial charge is 0.326 e. The monoisotopic (exact) mass is 293 g/mol. The summed E-state index contributed by atoms with van der Waals surface area (Å²) < 4.78 is 5.15. The molecule has 0 unspecified atom stereocenters. The molecule has 1 aliphatic heterocycles. The first-order valence-electron chi connectivity index (χ1n) is 6.51. The second kappa shape index (κ2) is 4.90. The van der Waals surface area contributed by atoms with E-state index in [9.17, 15) is 10.1 Å². The summed E-state index contributed by atoms with van der Waals surface area (Å²) in [5.41, 5.74) is 1.87. The van der Waals surface area contributed by atoms with E-state index in [2.05, 4.69) is 10.1 Å². The van der Waals surface area contributed by atoms with Gasteiger partial charge in [-0.3, -0.25) is 10.1 Å². The van der Waals surface area contributed by atoms with Crippen molar-refractivity contribution in [3.05, 3.63) is 39.3 Å². The molecular weight excluding hydrogens is 278 g/mol. The molecule has 106 valence electrons. The van der Waals surface area contributed by atoms with Gasteiger partial charge in [-0.1, -0.05) is 5.16 Å². The zero-order valence-corrected chi connectivity index (χ0v) is 12.1. The van der Waals surface area contributed by atoms with Crippen molar-refractivity contribution < 1.29 is 9.45 Å². The van der Waals surface area contributed by atoms with Crippen LogP contribution in [0, 0.1) is 24.0 Å². The Bertz CT molecular complexity index is 649. The number of hydrogen-bond donors (Lipinski definition) is 0. The molecule has 0 amide bonds. The summed E-state index contributed by atoms with van der Waals surface area (Å²) in [7, 11) is 0. The number of rotatable bonds is 3. The number of nitrogens with zero attached hydrogens (tertiary/aromatic N) is 3. The second-order valence-electron chi connectivity index (χ2n) is 5.04. The second-order valence-corrected chi connectivity index (χ2v) is 6.05. The molecule has 20 heavy (non-hydrogen) atoms. The van der Waals surface area contributed by atoms with Crippen LogP contribution in [-0.2, 0) is 0 Å². The molecule has 3 heterocycles. The summed E-state index contributed by atoms with van der Waals surface area (Å²) in [5.74, 6) is 0.792. The number of nitro groups is 1. The Balaban J connectivity index is 1.94. The third-order valence-electron chi connectivity index (χ3n) is 3.56. The maximum atomic E-state index is 10.9. The summed E-state index contributed by atoms with van der Waals surface area (Å²) in [6.45, 7) is 4.69. The van der Waals surface area contributed by atoms with Crippen LogP contribution in [0.15, 0.2) is 16.7 Å². The molecule has 1 atom stereocenters. The van der Waals surface area contributed by atoms with Gasteiger partial charge in [0.1, 0.15) is 16.5 Å². The van der Waals surface area contributed by atoms with Crippen molar-refractivity contribution in [3.8, 4) is 0 Å². The SMILES string of the molecule is Cc1cc([C@H]2CCCN2c2sc([N+](=O)[O-])cc2C)no1.